The summed E-state index contributed by atoms with van der Waals surface area (Å²) in [5.41, 5.74) is 3.76. The molecule has 1 saturated carbocycles. The molecule has 0 amide bonds. The van der Waals surface area contributed by atoms with Crippen LogP contribution in [0.4, 0.5) is 0 Å². The van der Waals surface area contributed by atoms with Crippen molar-refractivity contribution in [2.24, 2.45) is 12.5 Å². The standard InChI is InChI=1S/C15H23N3/c1-6-14(12-9-16-18(5)10-12)11(2)17-13-7-15(3,4)8-13/h6,9-10,13,17H,2,7-8H2,1,3-5H3/b14-6+. The Balaban J connectivity index is 2.00. The molecule has 0 radical (unpaired) electrons. The molecular weight excluding hydrogens is 222 g/mol. The molecule has 0 aromatic carbocycles. The lowest BCUT2D eigenvalue weighted by Crippen LogP contribution is -2.45. The zero-order valence-corrected chi connectivity index (χ0v) is 11.8. The van der Waals surface area contributed by atoms with Gasteiger partial charge in [-0.2, -0.15) is 5.10 Å². The molecule has 0 aliphatic heterocycles. The number of hydrogen-bond acceptors (Lipinski definition) is 2. The molecule has 0 atom stereocenters. The molecule has 1 aliphatic rings. The van der Waals surface area contributed by atoms with E-state index < -0.39 is 0 Å². The van der Waals surface area contributed by atoms with E-state index in [0.717, 1.165) is 16.8 Å². The summed E-state index contributed by atoms with van der Waals surface area (Å²) in [6.45, 7) is 10.8. The molecule has 2 rings (SSSR count). The van der Waals surface area contributed by atoms with Crippen LogP contribution in [0.1, 0.15) is 39.2 Å². The summed E-state index contributed by atoms with van der Waals surface area (Å²) in [5.74, 6) is 0. The molecule has 3 heteroatoms. The number of allylic oxidation sites excluding steroid dienone is 2. The van der Waals surface area contributed by atoms with Crippen molar-refractivity contribution >= 4 is 5.57 Å². The highest BCUT2D eigenvalue weighted by molar-refractivity contribution is 5.77. The molecule has 98 valence electrons. The minimum atomic E-state index is 0.488. The van der Waals surface area contributed by atoms with Gasteiger partial charge in [-0.1, -0.05) is 26.5 Å². The number of hydrogen-bond donors (Lipinski definition) is 1. The number of nitrogens with one attached hydrogen (secondary N) is 1. The minimum Gasteiger partial charge on any atom is -0.382 e. The summed E-state index contributed by atoms with van der Waals surface area (Å²) in [7, 11) is 1.93. The molecule has 1 aromatic heterocycles. The second kappa shape index (κ2) is 4.63. The Bertz CT molecular complexity index is 472. The Morgan fingerprint density at radius 3 is 2.67 bits per heavy atom. The third kappa shape index (κ3) is 2.66. The van der Waals surface area contributed by atoms with Crippen LogP contribution >= 0.6 is 0 Å². The van der Waals surface area contributed by atoms with Gasteiger partial charge in [0.1, 0.15) is 0 Å². The van der Waals surface area contributed by atoms with Crippen LogP contribution in [0.5, 0.6) is 0 Å². The zero-order valence-electron chi connectivity index (χ0n) is 11.8. The van der Waals surface area contributed by atoms with Crippen molar-refractivity contribution < 1.29 is 0 Å². The first-order valence-electron chi connectivity index (χ1n) is 6.52. The van der Waals surface area contributed by atoms with Crippen molar-refractivity contribution in [1.82, 2.24) is 15.1 Å². The third-order valence-corrected chi connectivity index (χ3v) is 3.61. The van der Waals surface area contributed by atoms with Crippen LogP contribution in [0.2, 0.25) is 0 Å². The molecule has 18 heavy (non-hydrogen) atoms. The maximum atomic E-state index is 4.21. The van der Waals surface area contributed by atoms with Crippen molar-refractivity contribution in [1.29, 1.82) is 0 Å². The van der Waals surface area contributed by atoms with E-state index in [1.54, 1.807) is 0 Å². The third-order valence-electron chi connectivity index (χ3n) is 3.61. The van der Waals surface area contributed by atoms with Crippen LogP contribution < -0.4 is 5.32 Å². The summed E-state index contributed by atoms with van der Waals surface area (Å²) < 4.78 is 1.82. The Kier molecular flexibility index (Phi) is 3.33. The van der Waals surface area contributed by atoms with Crippen LogP contribution in [-0.4, -0.2) is 15.8 Å². The van der Waals surface area contributed by atoms with E-state index in [0.29, 0.717) is 11.5 Å². The van der Waals surface area contributed by atoms with Gasteiger partial charge in [0, 0.05) is 36.1 Å². The van der Waals surface area contributed by atoms with Gasteiger partial charge in [-0.15, -0.1) is 0 Å². The lowest BCUT2D eigenvalue weighted by Gasteiger charge is -2.43. The first kappa shape index (κ1) is 12.9. The fraction of sp³-hybridized carbons (Fsp3) is 0.533. The van der Waals surface area contributed by atoms with Crippen molar-refractivity contribution in [3.05, 3.63) is 36.3 Å². The number of rotatable bonds is 4. The number of aromatic nitrogens is 2. The molecule has 1 aromatic rings. The molecule has 0 unspecified atom stereocenters. The second-order valence-corrected chi connectivity index (χ2v) is 6.00. The molecule has 1 N–H and O–H groups in total. The second-order valence-electron chi connectivity index (χ2n) is 6.00. The highest BCUT2D eigenvalue weighted by atomic mass is 15.2. The van der Waals surface area contributed by atoms with Crippen molar-refractivity contribution in [3.63, 3.8) is 0 Å². The van der Waals surface area contributed by atoms with Crippen LogP contribution in [0.25, 0.3) is 5.57 Å². The molecule has 1 fully saturated rings. The quantitative estimate of drug-likeness (QED) is 0.826. The van der Waals surface area contributed by atoms with Gasteiger partial charge in [-0.05, 0) is 25.2 Å². The molecule has 0 saturated heterocycles. The maximum absolute atomic E-state index is 4.21. The summed E-state index contributed by atoms with van der Waals surface area (Å²) in [6, 6.07) is 0.569. The monoisotopic (exact) mass is 245 g/mol. The summed E-state index contributed by atoms with van der Waals surface area (Å²) in [5, 5.41) is 7.74. The largest absolute Gasteiger partial charge is 0.382 e. The van der Waals surface area contributed by atoms with Gasteiger partial charge in [0.15, 0.2) is 0 Å². The normalized spacial score (nSPS) is 19.4. The Labute approximate surface area is 110 Å². The highest BCUT2D eigenvalue weighted by Gasteiger charge is 2.36. The van der Waals surface area contributed by atoms with Gasteiger partial charge in [0.25, 0.3) is 0 Å². The molecule has 3 nitrogen and oxygen atoms in total. The van der Waals surface area contributed by atoms with E-state index in [1.165, 1.54) is 12.8 Å². The smallest absolute Gasteiger partial charge is 0.0568 e. The van der Waals surface area contributed by atoms with E-state index in [1.807, 2.05) is 31.0 Å². The predicted octanol–water partition coefficient (Wildman–Crippen LogP) is 3.12. The first-order chi connectivity index (χ1) is 8.41. The van der Waals surface area contributed by atoms with Gasteiger partial charge in [0.05, 0.1) is 6.20 Å². The Morgan fingerprint density at radius 2 is 2.22 bits per heavy atom. The fourth-order valence-corrected chi connectivity index (χ4v) is 2.78. The van der Waals surface area contributed by atoms with Gasteiger partial charge in [-0.25, -0.2) is 0 Å². The summed E-state index contributed by atoms with van der Waals surface area (Å²) in [6.07, 6.45) is 8.43. The van der Waals surface area contributed by atoms with E-state index in [-0.39, 0.29) is 0 Å². The van der Waals surface area contributed by atoms with Gasteiger partial charge in [0.2, 0.25) is 0 Å². The van der Waals surface area contributed by atoms with E-state index >= 15 is 0 Å². The first-order valence-corrected chi connectivity index (χ1v) is 6.52. The summed E-state index contributed by atoms with van der Waals surface area (Å²) >= 11 is 0. The molecule has 1 aliphatic carbocycles. The van der Waals surface area contributed by atoms with Crippen LogP contribution in [0.15, 0.2) is 30.7 Å². The van der Waals surface area contributed by atoms with E-state index in [4.69, 9.17) is 0 Å². The number of aryl methyl sites for hydroxylation is 1. The predicted molar refractivity (Wildman–Crippen MR) is 75.9 cm³/mol. The minimum absolute atomic E-state index is 0.488. The molecule has 0 bridgehead atoms. The molecule has 1 heterocycles. The lowest BCUT2D eigenvalue weighted by atomic mass is 9.68. The van der Waals surface area contributed by atoms with Crippen molar-refractivity contribution in [3.8, 4) is 0 Å². The van der Waals surface area contributed by atoms with E-state index in [2.05, 4.69) is 36.9 Å². The molecular formula is C15H23N3. The van der Waals surface area contributed by atoms with Crippen molar-refractivity contribution in [2.45, 2.75) is 39.7 Å². The highest BCUT2D eigenvalue weighted by Crippen LogP contribution is 2.40. The van der Waals surface area contributed by atoms with Gasteiger partial charge >= 0.3 is 0 Å². The maximum Gasteiger partial charge on any atom is 0.0568 e. The Hall–Kier alpha value is -1.51. The van der Waals surface area contributed by atoms with Crippen molar-refractivity contribution in [2.75, 3.05) is 0 Å². The van der Waals surface area contributed by atoms with Crippen LogP contribution in [0.3, 0.4) is 0 Å². The average molecular weight is 245 g/mol. The van der Waals surface area contributed by atoms with Gasteiger partial charge < -0.3 is 5.32 Å². The topological polar surface area (TPSA) is 29.9 Å². The summed E-state index contributed by atoms with van der Waals surface area (Å²) in [4.78, 5) is 0. The fourth-order valence-electron chi connectivity index (χ4n) is 2.78. The molecule has 0 spiro atoms. The van der Waals surface area contributed by atoms with Gasteiger partial charge in [-0.3, -0.25) is 4.68 Å². The average Bonchev–Trinajstić information content (AvgIpc) is 2.63. The van der Waals surface area contributed by atoms with Crippen LogP contribution in [0, 0.1) is 5.41 Å². The lowest BCUT2D eigenvalue weighted by molar-refractivity contribution is 0.135. The SMILES string of the molecule is C=C(NC1CC(C)(C)C1)/C(=C\C)c1cnn(C)c1. The van der Waals surface area contributed by atoms with Crippen LogP contribution in [-0.2, 0) is 7.05 Å². The number of nitrogens with zero attached hydrogens (tertiary/aromatic N) is 2. The Morgan fingerprint density at radius 1 is 1.56 bits per heavy atom. The zero-order chi connectivity index (χ0) is 13.3. The van der Waals surface area contributed by atoms with E-state index in [9.17, 15) is 0 Å².